The van der Waals surface area contributed by atoms with E-state index in [4.69, 9.17) is 0 Å². The Morgan fingerprint density at radius 2 is 1.70 bits per heavy atom. The summed E-state index contributed by atoms with van der Waals surface area (Å²) in [6.07, 6.45) is 1.94. The molecule has 0 saturated carbocycles. The van der Waals surface area contributed by atoms with E-state index in [9.17, 15) is 17.2 Å². The maximum absolute atomic E-state index is 13.9. The summed E-state index contributed by atoms with van der Waals surface area (Å²) in [5.41, 5.74) is 1.94. The monoisotopic (exact) mass is 393 g/mol. The highest BCUT2D eigenvalue weighted by molar-refractivity contribution is 7.89. The third kappa shape index (κ3) is 3.73. The molecule has 3 rings (SSSR count). The van der Waals surface area contributed by atoms with Crippen molar-refractivity contribution in [2.24, 2.45) is 7.05 Å². The maximum Gasteiger partial charge on any atom is 0.246 e. The molecule has 0 aliphatic carbocycles. The molecule has 27 heavy (non-hydrogen) atoms. The van der Waals surface area contributed by atoms with Crippen molar-refractivity contribution in [2.45, 2.75) is 10.9 Å². The van der Waals surface area contributed by atoms with E-state index in [1.807, 2.05) is 61.1 Å². The number of fused-ring (bicyclic) bond motifs is 1. The van der Waals surface area contributed by atoms with Crippen LogP contribution in [0.15, 0.2) is 53.6 Å². The van der Waals surface area contributed by atoms with E-state index in [1.165, 1.54) is 0 Å². The lowest BCUT2D eigenvalue weighted by Crippen LogP contribution is -2.35. The molecule has 0 fully saturated rings. The summed E-state index contributed by atoms with van der Waals surface area (Å²) in [4.78, 5) is 0.905. The normalized spacial score (nSPS) is 13.4. The molecule has 0 radical (unpaired) electrons. The number of hydrogen-bond donors (Lipinski definition) is 1. The van der Waals surface area contributed by atoms with Gasteiger partial charge in [0.15, 0.2) is 4.90 Å². The molecular formula is C19H21F2N3O2S. The van der Waals surface area contributed by atoms with Gasteiger partial charge in [0.1, 0.15) is 11.6 Å². The van der Waals surface area contributed by atoms with Gasteiger partial charge in [-0.3, -0.25) is 0 Å². The van der Waals surface area contributed by atoms with Crippen LogP contribution in [0.4, 0.5) is 8.78 Å². The third-order valence-corrected chi connectivity index (χ3v) is 6.04. The number of para-hydroxylation sites is 1. The number of hydrogen-bond acceptors (Lipinski definition) is 3. The van der Waals surface area contributed by atoms with Crippen molar-refractivity contribution in [3.05, 3.63) is 65.9 Å². The standard InChI is InChI=1S/C19H21F2N3O2S/c1-23(2)18(14-12-24(3)17-10-5-4-7-13(14)17)11-22-27(25,26)19-15(20)8-6-9-16(19)21/h4-10,12,18,22H,11H2,1-3H3. The number of nitrogens with one attached hydrogen (secondary N) is 1. The molecule has 1 atom stereocenters. The molecule has 3 aromatic rings. The van der Waals surface area contributed by atoms with Gasteiger partial charge < -0.3 is 9.47 Å². The molecule has 0 saturated heterocycles. The summed E-state index contributed by atoms with van der Waals surface area (Å²) in [5, 5.41) is 0.995. The fraction of sp³-hybridized carbons (Fsp3) is 0.263. The van der Waals surface area contributed by atoms with Crippen LogP contribution in [0.1, 0.15) is 11.6 Å². The lowest BCUT2D eigenvalue weighted by molar-refractivity contribution is 0.300. The van der Waals surface area contributed by atoms with Gasteiger partial charge in [-0.2, -0.15) is 0 Å². The number of halogens is 2. The number of aromatic nitrogens is 1. The minimum absolute atomic E-state index is 0.0306. The number of likely N-dealkylation sites (N-methyl/N-ethyl adjacent to an activating group) is 1. The molecule has 0 bridgehead atoms. The fourth-order valence-corrected chi connectivity index (χ4v) is 4.38. The lowest BCUT2D eigenvalue weighted by atomic mass is 10.1. The zero-order valence-corrected chi connectivity index (χ0v) is 16.1. The molecule has 2 aromatic carbocycles. The number of aryl methyl sites for hydroxylation is 1. The average Bonchev–Trinajstić information content (AvgIpc) is 2.91. The van der Waals surface area contributed by atoms with E-state index < -0.39 is 26.6 Å². The van der Waals surface area contributed by atoms with Crippen LogP contribution in [-0.4, -0.2) is 38.5 Å². The van der Waals surface area contributed by atoms with Crippen LogP contribution in [0, 0.1) is 11.6 Å². The van der Waals surface area contributed by atoms with Crippen LogP contribution >= 0.6 is 0 Å². The Kier molecular flexibility index (Phi) is 5.32. The van der Waals surface area contributed by atoms with Gasteiger partial charge in [-0.1, -0.05) is 24.3 Å². The SMILES string of the molecule is CN(C)C(CNS(=O)(=O)c1c(F)cccc1F)c1cn(C)c2ccccc12. The van der Waals surface area contributed by atoms with Gasteiger partial charge in [0.05, 0.1) is 0 Å². The van der Waals surface area contributed by atoms with Crippen molar-refractivity contribution in [3.8, 4) is 0 Å². The predicted molar refractivity (Wildman–Crippen MR) is 101 cm³/mol. The maximum atomic E-state index is 13.9. The Hall–Kier alpha value is -2.29. The number of sulfonamides is 1. The molecule has 5 nitrogen and oxygen atoms in total. The van der Waals surface area contributed by atoms with E-state index in [0.717, 1.165) is 34.7 Å². The number of rotatable bonds is 6. The van der Waals surface area contributed by atoms with Gasteiger partial charge in [0.2, 0.25) is 10.0 Å². The Labute approximate surface area is 157 Å². The topological polar surface area (TPSA) is 54.3 Å². The molecule has 1 unspecified atom stereocenters. The molecule has 8 heteroatoms. The molecule has 1 N–H and O–H groups in total. The molecule has 1 aromatic heterocycles. The quantitative estimate of drug-likeness (QED) is 0.700. The molecular weight excluding hydrogens is 372 g/mol. The van der Waals surface area contributed by atoms with E-state index in [2.05, 4.69) is 4.72 Å². The molecule has 0 aliphatic heterocycles. The Bertz CT molecular complexity index is 1060. The highest BCUT2D eigenvalue weighted by Crippen LogP contribution is 2.29. The van der Waals surface area contributed by atoms with Crippen molar-refractivity contribution >= 4 is 20.9 Å². The van der Waals surface area contributed by atoms with Crippen molar-refractivity contribution < 1.29 is 17.2 Å². The first-order valence-electron chi connectivity index (χ1n) is 8.36. The third-order valence-electron chi connectivity index (χ3n) is 4.56. The van der Waals surface area contributed by atoms with E-state index in [1.54, 1.807) is 0 Å². The van der Waals surface area contributed by atoms with Crippen molar-refractivity contribution in [3.63, 3.8) is 0 Å². The number of nitrogens with zero attached hydrogens (tertiary/aromatic N) is 2. The summed E-state index contributed by atoms with van der Waals surface area (Å²) >= 11 is 0. The summed E-state index contributed by atoms with van der Waals surface area (Å²) in [6.45, 7) is -0.0306. The second kappa shape index (κ2) is 7.38. The molecule has 0 amide bonds. The van der Waals surface area contributed by atoms with Crippen molar-refractivity contribution in [2.75, 3.05) is 20.6 Å². The van der Waals surface area contributed by atoms with Gasteiger partial charge >= 0.3 is 0 Å². The van der Waals surface area contributed by atoms with Crippen LogP contribution < -0.4 is 4.72 Å². The fourth-order valence-electron chi connectivity index (χ4n) is 3.21. The largest absolute Gasteiger partial charge is 0.350 e. The van der Waals surface area contributed by atoms with Crippen LogP contribution in [0.2, 0.25) is 0 Å². The van der Waals surface area contributed by atoms with Crippen LogP contribution in [0.25, 0.3) is 10.9 Å². The summed E-state index contributed by atoms with van der Waals surface area (Å²) in [5.74, 6) is -2.23. The van der Waals surface area contributed by atoms with Gasteiger partial charge in [-0.15, -0.1) is 0 Å². The number of benzene rings is 2. The minimum Gasteiger partial charge on any atom is -0.350 e. The summed E-state index contributed by atoms with van der Waals surface area (Å²) in [6, 6.07) is 10.4. The lowest BCUT2D eigenvalue weighted by Gasteiger charge is -2.24. The van der Waals surface area contributed by atoms with Gasteiger partial charge in [0, 0.05) is 36.7 Å². The Morgan fingerprint density at radius 1 is 1.07 bits per heavy atom. The zero-order valence-electron chi connectivity index (χ0n) is 15.3. The Morgan fingerprint density at radius 3 is 2.33 bits per heavy atom. The first kappa shape index (κ1) is 19.5. The van der Waals surface area contributed by atoms with E-state index >= 15 is 0 Å². The van der Waals surface area contributed by atoms with Crippen molar-refractivity contribution in [1.82, 2.24) is 14.2 Å². The smallest absolute Gasteiger partial charge is 0.246 e. The van der Waals surface area contributed by atoms with Crippen LogP contribution in [0.3, 0.4) is 0 Å². The molecule has 0 spiro atoms. The van der Waals surface area contributed by atoms with Crippen LogP contribution in [0.5, 0.6) is 0 Å². The second-order valence-electron chi connectivity index (χ2n) is 6.59. The molecule has 0 aliphatic rings. The summed E-state index contributed by atoms with van der Waals surface area (Å²) in [7, 11) is 1.22. The highest BCUT2D eigenvalue weighted by atomic mass is 32.2. The molecule has 144 valence electrons. The first-order chi connectivity index (χ1) is 12.7. The molecule has 1 heterocycles. The van der Waals surface area contributed by atoms with Gasteiger partial charge in [-0.05, 0) is 37.9 Å². The van der Waals surface area contributed by atoms with Gasteiger partial charge in [0.25, 0.3) is 0 Å². The first-order valence-corrected chi connectivity index (χ1v) is 9.84. The van der Waals surface area contributed by atoms with Crippen LogP contribution in [-0.2, 0) is 17.1 Å². The highest BCUT2D eigenvalue weighted by Gasteiger charge is 2.26. The zero-order chi connectivity index (χ0) is 19.8. The average molecular weight is 393 g/mol. The minimum atomic E-state index is -4.34. The van der Waals surface area contributed by atoms with E-state index in [-0.39, 0.29) is 12.6 Å². The van der Waals surface area contributed by atoms with Crippen molar-refractivity contribution in [1.29, 1.82) is 0 Å². The van der Waals surface area contributed by atoms with E-state index in [0.29, 0.717) is 0 Å². The second-order valence-corrected chi connectivity index (χ2v) is 8.30. The van der Waals surface area contributed by atoms with Gasteiger partial charge in [-0.25, -0.2) is 21.9 Å². The Balaban J connectivity index is 1.94. The summed E-state index contributed by atoms with van der Waals surface area (Å²) < 4.78 is 57.1. The predicted octanol–water partition coefficient (Wildman–Crippen LogP) is 3.04.